The van der Waals surface area contributed by atoms with Gasteiger partial charge in [-0.05, 0) is 49.4 Å². The number of hydrogen-bond acceptors (Lipinski definition) is 4. The Morgan fingerprint density at radius 3 is 1.17 bits per heavy atom. The summed E-state index contributed by atoms with van der Waals surface area (Å²) in [5.41, 5.74) is 0.0775. The smallest absolute Gasteiger partial charge is 0.550 e. The largest absolute Gasteiger partial charge is 2.00 e. The quantitative estimate of drug-likeness (QED) is 0.543. The molecule has 0 heterocycles. The van der Waals surface area contributed by atoms with Gasteiger partial charge in [-0.3, -0.25) is 0 Å². The molecule has 0 atom stereocenters. The number of rotatable bonds is 4. The summed E-state index contributed by atoms with van der Waals surface area (Å²) < 4.78 is 0. The van der Waals surface area contributed by atoms with E-state index in [0.29, 0.717) is 0 Å². The summed E-state index contributed by atoms with van der Waals surface area (Å²) in [4.78, 5) is 20.7. The zero-order valence-corrected chi connectivity index (χ0v) is 20.3. The number of aliphatic carboxylic acids is 2. The molecule has 0 unspecified atom stereocenters. The first-order valence-corrected chi connectivity index (χ1v) is 8.64. The van der Waals surface area contributed by atoms with Gasteiger partial charge >= 0.3 is 27.7 Å². The topological polar surface area (TPSA) is 80.3 Å². The fourth-order valence-corrected chi connectivity index (χ4v) is 3.86. The minimum Gasteiger partial charge on any atom is -0.550 e. The first kappa shape index (κ1) is 22.9. The molecule has 0 radical (unpaired) electrons. The summed E-state index contributed by atoms with van der Waals surface area (Å²) in [5, 5.41) is 20.7. The Hall–Kier alpha value is -0.125. The third-order valence-electron chi connectivity index (χ3n) is 5.26. The van der Waals surface area contributed by atoms with Crippen molar-refractivity contribution < 1.29 is 47.5 Å². The predicted molar refractivity (Wildman–Crippen MR) is 81.6 cm³/mol. The van der Waals surface area contributed by atoms with E-state index < -0.39 is 11.9 Å². The van der Waals surface area contributed by atoms with E-state index >= 15 is 0 Å². The van der Waals surface area contributed by atoms with Crippen LogP contribution in [0, 0.1) is 10.8 Å². The molecule has 0 aromatic heterocycles. The van der Waals surface area contributed by atoms with Crippen LogP contribution in [0.1, 0.15) is 90.9 Å². The Bertz CT molecular complexity index is 333. The molecule has 5 heteroatoms. The molecule has 23 heavy (non-hydrogen) atoms. The van der Waals surface area contributed by atoms with Crippen molar-refractivity contribution in [1.82, 2.24) is 0 Å². The first-order valence-electron chi connectivity index (χ1n) is 8.64. The minimum atomic E-state index is -0.894. The molecule has 0 spiro atoms. The normalized spacial score (nSPS) is 22.0. The molecule has 0 aromatic carbocycles. The van der Waals surface area contributed by atoms with Crippen molar-refractivity contribution in [2.75, 3.05) is 0 Å². The second-order valence-corrected chi connectivity index (χ2v) is 7.84. The van der Waals surface area contributed by atoms with E-state index in [0.717, 1.165) is 25.7 Å². The molecule has 0 bridgehead atoms. The van der Waals surface area contributed by atoms with E-state index in [4.69, 9.17) is 0 Å². The molecule has 2 aliphatic rings. The van der Waals surface area contributed by atoms with Crippen LogP contribution in [0.15, 0.2) is 0 Å². The van der Waals surface area contributed by atoms with Crippen LogP contribution in [0.3, 0.4) is 0 Å². The summed E-state index contributed by atoms with van der Waals surface area (Å²) in [6.45, 7) is 4.12. The molecular weight excluding hydrogens is 481 g/mol. The van der Waals surface area contributed by atoms with Gasteiger partial charge in [-0.25, -0.2) is 0 Å². The van der Waals surface area contributed by atoms with E-state index in [1.165, 1.54) is 38.5 Å². The monoisotopic (exact) mass is 512 g/mol. The van der Waals surface area contributed by atoms with Gasteiger partial charge < -0.3 is 19.8 Å². The van der Waals surface area contributed by atoms with E-state index in [9.17, 15) is 19.8 Å². The van der Waals surface area contributed by atoms with E-state index in [-0.39, 0.29) is 51.3 Å². The average Bonchev–Trinajstić information content (AvgIpc) is 2.38. The standard InChI is InChI=1S/2C9H16O2.Hg/c2*1-9(7-8(10)11)5-3-2-4-6-9;/h2*2-7H2,1H3,(H,10,11);/q;;+2/p-2. The Morgan fingerprint density at radius 2 is 0.957 bits per heavy atom. The van der Waals surface area contributed by atoms with Crippen LogP contribution in [0.5, 0.6) is 0 Å². The van der Waals surface area contributed by atoms with E-state index in [2.05, 4.69) is 13.8 Å². The fourth-order valence-electron chi connectivity index (χ4n) is 3.86. The predicted octanol–water partition coefficient (Wildman–Crippen LogP) is 2.19. The summed E-state index contributed by atoms with van der Waals surface area (Å²) in [6.07, 6.45) is 12.0. The average molecular weight is 511 g/mol. The molecule has 0 amide bonds. The van der Waals surface area contributed by atoms with Gasteiger partial charge in [-0.15, -0.1) is 0 Å². The second-order valence-electron chi connectivity index (χ2n) is 7.84. The number of carboxylic acids is 2. The summed E-state index contributed by atoms with van der Waals surface area (Å²) in [6, 6.07) is 0. The zero-order chi connectivity index (χ0) is 16.6. The van der Waals surface area contributed by atoms with E-state index in [1.807, 2.05) is 0 Å². The van der Waals surface area contributed by atoms with Crippen molar-refractivity contribution in [2.45, 2.75) is 90.9 Å². The van der Waals surface area contributed by atoms with Crippen molar-refractivity contribution in [3.05, 3.63) is 0 Å². The summed E-state index contributed by atoms with van der Waals surface area (Å²) in [5.74, 6) is -1.79. The van der Waals surface area contributed by atoms with Gasteiger partial charge in [0.25, 0.3) is 0 Å². The van der Waals surface area contributed by atoms with Crippen LogP contribution < -0.4 is 10.2 Å². The van der Waals surface area contributed by atoms with Gasteiger partial charge in [0.05, 0.1) is 0 Å². The molecule has 2 fully saturated rings. The molecule has 0 N–H and O–H groups in total. The Kier molecular flexibility index (Phi) is 10.6. The molecule has 4 nitrogen and oxygen atoms in total. The fraction of sp³-hybridized carbons (Fsp3) is 0.889. The third kappa shape index (κ3) is 9.68. The van der Waals surface area contributed by atoms with E-state index in [1.54, 1.807) is 0 Å². The van der Waals surface area contributed by atoms with Crippen molar-refractivity contribution in [3.63, 3.8) is 0 Å². The molecule has 128 valence electrons. The molecule has 0 saturated heterocycles. The number of carboxylic acid groups (broad SMARTS) is 2. The summed E-state index contributed by atoms with van der Waals surface area (Å²) >= 11 is 0. The number of carbonyl (C=O) groups excluding carboxylic acids is 2. The molecule has 2 saturated carbocycles. The maximum Gasteiger partial charge on any atom is 2.00 e. The molecule has 0 aromatic rings. The molecular formula is C18H30HgO4. The van der Waals surface area contributed by atoms with Gasteiger partial charge in [-0.1, -0.05) is 52.4 Å². The van der Waals surface area contributed by atoms with Crippen molar-refractivity contribution in [3.8, 4) is 0 Å². The van der Waals surface area contributed by atoms with Gasteiger partial charge in [0.15, 0.2) is 0 Å². The van der Waals surface area contributed by atoms with Gasteiger partial charge in [0, 0.05) is 11.9 Å². The Balaban J connectivity index is 0.000000403. The maximum atomic E-state index is 10.4. The second kappa shape index (κ2) is 10.7. The SMILES string of the molecule is CC1(CC(=O)[O-])CCCCC1.CC1(CC(=O)[O-])CCCCC1.[Hg+2]. The van der Waals surface area contributed by atoms with Crippen LogP contribution in [0.25, 0.3) is 0 Å². The van der Waals surface area contributed by atoms with Gasteiger partial charge in [0.2, 0.25) is 0 Å². The van der Waals surface area contributed by atoms with Crippen molar-refractivity contribution in [1.29, 1.82) is 0 Å². The van der Waals surface area contributed by atoms with Crippen LogP contribution in [-0.4, -0.2) is 11.9 Å². The number of carbonyl (C=O) groups is 2. The summed E-state index contributed by atoms with van der Waals surface area (Å²) in [7, 11) is 0. The zero-order valence-electron chi connectivity index (χ0n) is 14.8. The first-order chi connectivity index (χ1) is 10.2. The van der Waals surface area contributed by atoms with Crippen LogP contribution in [0.4, 0.5) is 0 Å². The molecule has 2 rings (SSSR count). The molecule has 0 aliphatic heterocycles. The Labute approximate surface area is 160 Å². The maximum absolute atomic E-state index is 10.4. The van der Waals surface area contributed by atoms with Crippen molar-refractivity contribution >= 4 is 11.9 Å². The number of hydrogen-bond donors (Lipinski definition) is 0. The van der Waals surface area contributed by atoms with Crippen LogP contribution >= 0.6 is 0 Å². The van der Waals surface area contributed by atoms with Gasteiger partial charge in [0.1, 0.15) is 0 Å². The van der Waals surface area contributed by atoms with Crippen LogP contribution in [0.2, 0.25) is 0 Å². The Morgan fingerprint density at radius 1 is 0.696 bits per heavy atom. The van der Waals surface area contributed by atoms with Gasteiger partial charge in [-0.2, -0.15) is 0 Å². The third-order valence-corrected chi connectivity index (χ3v) is 5.26. The van der Waals surface area contributed by atoms with Crippen molar-refractivity contribution in [2.24, 2.45) is 10.8 Å². The van der Waals surface area contributed by atoms with Crippen LogP contribution in [-0.2, 0) is 37.3 Å². The molecule has 2 aliphatic carbocycles. The minimum absolute atomic E-state index is 0.